The molecule has 0 aromatic carbocycles. The van der Waals surface area contributed by atoms with Crippen LogP contribution in [0, 0.1) is 6.92 Å². The number of hydrogen-bond donors (Lipinski definition) is 1. The van der Waals surface area contributed by atoms with E-state index < -0.39 is 0 Å². The highest BCUT2D eigenvalue weighted by molar-refractivity contribution is 7.19. The third kappa shape index (κ3) is 3.46. The predicted molar refractivity (Wildman–Crippen MR) is 92.2 cm³/mol. The van der Waals surface area contributed by atoms with Gasteiger partial charge in [-0.25, -0.2) is 9.78 Å². The normalized spacial score (nSPS) is 15.5. The Bertz CT molecular complexity index is 760. The van der Waals surface area contributed by atoms with Crippen LogP contribution in [0.25, 0.3) is 10.4 Å². The molecule has 0 saturated carbocycles. The first-order valence-electron chi connectivity index (χ1n) is 7.72. The van der Waals surface area contributed by atoms with Gasteiger partial charge in [0.2, 0.25) is 5.91 Å². The molecule has 1 fully saturated rings. The number of nitrogens with zero attached hydrogens (tertiary/aromatic N) is 5. The number of hydrogen-bond acceptors (Lipinski definition) is 6. The number of carbonyl (C=O) groups excluding carboxylic acids is 2. The molecule has 2 aromatic rings. The van der Waals surface area contributed by atoms with Crippen LogP contribution >= 0.6 is 11.3 Å². The maximum atomic E-state index is 12.5. The number of amides is 2. The summed E-state index contributed by atoms with van der Waals surface area (Å²) in [7, 11) is 2.05. The smallest absolute Gasteiger partial charge is 0.320 e. The van der Waals surface area contributed by atoms with Gasteiger partial charge in [-0.1, -0.05) is 11.3 Å². The minimum Gasteiger partial charge on any atom is -0.320 e. The van der Waals surface area contributed by atoms with E-state index >= 15 is 0 Å². The molecular formula is C15H20N6O2S. The summed E-state index contributed by atoms with van der Waals surface area (Å²) >= 11 is 1.37. The second-order valence-electron chi connectivity index (χ2n) is 5.86. The standard InChI is InChI=1S/C15H20N6O2S/c1-10-13(24-14(17-10)18-11(2)22)12-8-16-21(9-12)15(23)20-6-4-19(3)5-7-20/h8-9H,4-7H2,1-3H3,(H,17,18,22). The van der Waals surface area contributed by atoms with Crippen LogP contribution < -0.4 is 5.32 Å². The first-order valence-corrected chi connectivity index (χ1v) is 8.53. The first kappa shape index (κ1) is 16.6. The van der Waals surface area contributed by atoms with Crippen molar-refractivity contribution in [1.29, 1.82) is 0 Å². The van der Waals surface area contributed by atoms with E-state index in [0.717, 1.165) is 29.2 Å². The Morgan fingerprint density at radius 2 is 1.96 bits per heavy atom. The summed E-state index contributed by atoms with van der Waals surface area (Å²) in [6.45, 7) is 6.47. The number of anilines is 1. The molecule has 3 rings (SSSR count). The Morgan fingerprint density at radius 1 is 1.25 bits per heavy atom. The van der Waals surface area contributed by atoms with Crippen LogP contribution in [-0.4, -0.2) is 69.7 Å². The molecular weight excluding hydrogens is 328 g/mol. The minimum atomic E-state index is -0.156. The van der Waals surface area contributed by atoms with Gasteiger partial charge in [0.05, 0.1) is 16.8 Å². The van der Waals surface area contributed by atoms with E-state index in [4.69, 9.17) is 0 Å². The molecule has 1 saturated heterocycles. The van der Waals surface area contributed by atoms with Crippen LogP contribution in [-0.2, 0) is 4.79 Å². The van der Waals surface area contributed by atoms with Crippen molar-refractivity contribution in [2.75, 3.05) is 38.5 Å². The molecule has 1 N–H and O–H groups in total. The van der Waals surface area contributed by atoms with E-state index in [1.165, 1.54) is 22.9 Å². The maximum absolute atomic E-state index is 12.5. The summed E-state index contributed by atoms with van der Waals surface area (Å²) < 4.78 is 1.37. The van der Waals surface area contributed by atoms with Crippen LogP contribution in [0.3, 0.4) is 0 Å². The lowest BCUT2D eigenvalue weighted by Crippen LogP contribution is -2.48. The largest absolute Gasteiger partial charge is 0.344 e. The van der Waals surface area contributed by atoms with Gasteiger partial charge in [-0.15, -0.1) is 0 Å². The SMILES string of the molecule is CC(=O)Nc1nc(C)c(-c2cnn(C(=O)N3CCN(C)CC3)c2)s1. The van der Waals surface area contributed by atoms with Gasteiger partial charge in [-0.2, -0.15) is 9.78 Å². The van der Waals surface area contributed by atoms with Crippen molar-refractivity contribution < 1.29 is 9.59 Å². The molecule has 3 heterocycles. The summed E-state index contributed by atoms with van der Waals surface area (Å²) in [6.07, 6.45) is 3.38. The Labute approximate surface area is 144 Å². The molecule has 9 heteroatoms. The fourth-order valence-corrected chi connectivity index (χ4v) is 3.54. The average Bonchev–Trinajstić information content (AvgIpc) is 3.13. The van der Waals surface area contributed by atoms with Gasteiger partial charge in [0.25, 0.3) is 0 Å². The van der Waals surface area contributed by atoms with E-state index in [0.29, 0.717) is 18.2 Å². The summed E-state index contributed by atoms with van der Waals surface area (Å²) in [6, 6.07) is -0.112. The molecule has 1 aliphatic rings. The zero-order chi connectivity index (χ0) is 17.3. The summed E-state index contributed by atoms with van der Waals surface area (Å²) in [5.41, 5.74) is 1.62. The topological polar surface area (TPSA) is 83.4 Å². The van der Waals surface area contributed by atoms with Crippen molar-refractivity contribution in [3.8, 4) is 10.4 Å². The number of rotatable bonds is 2. The van der Waals surface area contributed by atoms with E-state index in [-0.39, 0.29) is 11.9 Å². The van der Waals surface area contributed by atoms with Crippen molar-refractivity contribution in [2.24, 2.45) is 0 Å². The number of aryl methyl sites for hydroxylation is 1. The maximum Gasteiger partial charge on any atom is 0.344 e. The second kappa shape index (κ2) is 6.70. The van der Waals surface area contributed by atoms with Gasteiger partial charge in [-0.3, -0.25) is 4.79 Å². The predicted octanol–water partition coefficient (Wildman–Crippen LogP) is 1.49. The summed E-state index contributed by atoms with van der Waals surface area (Å²) in [5.74, 6) is -0.156. The van der Waals surface area contributed by atoms with Crippen molar-refractivity contribution in [3.63, 3.8) is 0 Å². The van der Waals surface area contributed by atoms with E-state index in [1.807, 2.05) is 14.0 Å². The third-order valence-electron chi connectivity index (χ3n) is 3.89. The van der Waals surface area contributed by atoms with Crippen LogP contribution in [0.2, 0.25) is 0 Å². The summed E-state index contributed by atoms with van der Waals surface area (Å²) in [4.78, 5) is 32.9. The lowest BCUT2D eigenvalue weighted by molar-refractivity contribution is -0.114. The van der Waals surface area contributed by atoms with E-state index in [9.17, 15) is 9.59 Å². The molecule has 128 valence electrons. The molecule has 24 heavy (non-hydrogen) atoms. The number of likely N-dealkylation sites (N-methyl/N-ethyl adjacent to an activating group) is 1. The molecule has 2 amide bonds. The van der Waals surface area contributed by atoms with Gasteiger partial charge < -0.3 is 15.1 Å². The highest BCUT2D eigenvalue weighted by atomic mass is 32.1. The van der Waals surface area contributed by atoms with E-state index in [2.05, 4.69) is 20.3 Å². The van der Waals surface area contributed by atoms with E-state index in [1.54, 1.807) is 17.3 Å². The molecule has 0 bridgehead atoms. The quantitative estimate of drug-likeness (QED) is 0.889. The zero-order valence-electron chi connectivity index (χ0n) is 13.9. The van der Waals surface area contributed by atoms with Gasteiger partial charge >= 0.3 is 6.03 Å². The molecule has 8 nitrogen and oxygen atoms in total. The second-order valence-corrected chi connectivity index (χ2v) is 6.86. The molecule has 0 radical (unpaired) electrons. The summed E-state index contributed by atoms with van der Waals surface area (Å²) in [5, 5.41) is 7.43. The number of thiazole rings is 1. The fourth-order valence-electron chi connectivity index (χ4n) is 2.56. The van der Waals surface area contributed by atoms with Crippen molar-refractivity contribution in [3.05, 3.63) is 18.1 Å². The van der Waals surface area contributed by atoms with Crippen molar-refractivity contribution in [2.45, 2.75) is 13.8 Å². The first-order chi connectivity index (χ1) is 11.4. The highest BCUT2D eigenvalue weighted by Crippen LogP contribution is 2.32. The van der Waals surface area contributed by atoms with Crippen molar-refractivity contribution in [1.82, 2.24) is 24.6 Å². The molecule has 0 aliphatic carbocycles. The van der Waals surface area contributed by atoms with Gasteiger partial charge in [-0.05, 0) is 14.0 Å². The monoisotopic (exact) mass is 348 g/mol. The molecule has 1 aliphatic heterocycles. The van der Waals surface area contributed by atoms with Crippen LogP contribution in [0.4, 0.5) is 9.93 Å². The number of piperazine rings is 1. The van der Waals surface area contributed by atoms with Gasteiger partial charge in [0.1, 0.15) is 0 Å². The lowest BCUT2D eigenvalue weighted by Gasteiger charge is -2.31. The Kier molecular flexibility index (Phi) is 4.63. The number of carbonyl (C=O) groups is 2. The van der Waals surface area contributed by atoms with Gasteiger partial charge in [0, 0.05) is 44.9 Å². The zero-order valence-corrected chi connectivity index (χ0v) is 14.8. The molecule has 2 aromatic heterocycles. The fraction of sp³-hybridized carbons (Fsp3) is 0.467. The lowest BCUT2D eigenvalue weighted by atomic mass is 10.2. The molecule has 0 spiro atoms. The highest BCUT2D eigenvalue weighted by Gasteiger charge is 2.22. The number of nitrogens with one attached hydrogen (secondary N) is 1. The number of aromatic nitrogens is 3. The molecule has 0 unspecified atom stereocenters. The Hall–Kier alpha value is -2.26. The average molecular weight is 348 g/mol. The third-order valence-corrected chi connectivity index (χ3v) is 5.02. The minimum absolute atomic E-state index is 0.112. The van der Waals surface area contributed by atoms with Crippen LogP contribution in [0.15, 0.2) is 12.4 Å². The Balaban J connectivity index is 1.77. The Morgan fingerprint density at radius 3 is 2.62 bits per heavy atom. The van der Waals surface area contributed by atoms with Crippen molar-refractivity contribution >= 4 is 28.4 Å². The van der Waals surface area contributed by atoms with Gasteiger partial charge in [0.15, 0.2) is 5.13 Å². The van der Waals surface area contributed by atoms with Crippen LogP contribution in [0.1, 0.15) is 12.6 Å². The van der Waals surface area contributed by atoms with Crippen LogP contribution in [0.5, 0.6) is 0 Å². The molecule has 0 atom stereocenters.